The molecule has 0 radical (unpaired) electrons. The zero-order valence-electron chi connectivity index (χ0n) is 15.2. The van der Waals surface area contributed by atoms with Crippen molar-refractivity contribution < 1.29 is 13.8 Å². The molecule has 5 nitrogen and oxygen atoms in total. The Morgan fingerprint density at radius 1 is 0.962 bits per heavy atom. The standard InChI is InChI=1S/C20H24N2O3S/c1-14(2)16-11-7-8-12-17(16)21-19(23)20(24)22-18(13-26(3)25)15-9-5-4-6-10-15/h4-12,14,18H,13H2,1-3H3,(H,21,23)(H,22,24). The van der Waals surface area contributed by atoms with Crippen molar-refractivity contribution in [1.82, 2.24) is 5.32 Å². The Balaban J connectivity index is 2.12. The summed E-state index contributed by atoms with van der Waals surface area (Å²) in [6.45, 7) is 4.04. The molecule has 0 aliphatic rings. The van der Waals surface area contributed by atoms with Crippen molar-refractivity contribution >= 4 is 28.3 Å². The summed E-state index contributed by atoms with van der Waals surface area (Å²) in [5.41, 5.74) is 2.40. The van der Waals surface area contributed by atoms with E-state index in [0.717, 1.165) is 11.1 Å². The molecular weight excluding hydrogens is 348 g/mol. The quantitative estimate of drug-likeness (QED) is 0.766. The van der Waals surface area contributed by atoms with Gasteiger partial charge in [0, 0.05) is 28.5 Å². The Morgan fingerprint density at radius 2 is 1.58 bits per heavy atom. The van der Waals surface area contributed by atoms with Crippen molar-refractivity contribution in [3.05, 3.63) is 65.7 Å². The van der Waals surface area contributed by atoms with Gasteiger partial charge in [-0.1, -0.05) is 62.4 Å². The van der Waals surface area contributed by atoms with Crippen LogP contribution in [0, 0.1) is 0 Å². The van der Waals surface area contributed by atoms with Crippen molar-refractivity contribution in [2.75, 3.05) is 17.3 Å². The highest BCUT2D eigenvalue weighted by atomic mass is 32.2. The van der Waals surface area contributed by atoms with E-state index in [1.807, 2.05) is 62.4 Å². The zero-order valence-corrected chi connectivity index (χ0v) is 16.0. The molecule has 0 fully saturated rings. The van der Waals surface area contributed by atoms with Gasteiger partial charge in [-0.05, 0) is 23.1 Å². The van der Waals surface area contributed by atoms with Crippen molar-refractivity contribution in [3.63, 3.8) is 0 Å². The molecule has 2 amide bonds. The fourth-order valence-corrected chi connectivity index (χ4v) is 3.40. The van der Waals surface area contributed by atoms with Gasteiger partial charge in [0.15, 0.2) is 0 Å². The number of rotatable bonds is 6. The molecule has 26 heavy (non-hydrogen) atoms. The first-order chi connectivity index (χ1) is 12.4. The molecule has 2 aromatic rings. The molecule has 2 N–H and O–H groups in total. The van der Waals surface area contributed by atoms with E-state index < -0.39 is 28.7 Å². The molecule has 0 aliphatic carbocycles. The summed E-state index contributed by atoms with van der Waals surface area (Å²) in [6.07, 6.45) is 1.57. The highest BCUT2D eigenvalue weighted by Gasteiger charge is 2.22. The normalized spacial score (nSPS) is 13.1. The monoisotopic (exact) mass is 372 g/mol. The van der Waals surface area contributed by atoms with Crippen molar-refractivity contribution in [1.29, 1.82) is 0 Å². The zero-order chi connectivity index (χ0) is 19.1. The van der Waals surface area contributed by atoms with Crippen LogP contribution in [0.5, 0.6) is 0 Å². The van der Waals surface area contributed by atoms with E-state index in [1.165, 1.54) is 0 Å². The third kappa shape index (κ3) is 5.52. The van der Waals surface area contributed by atoms with Crippen LogP contribution in [0.3, 0.4) is 0 Å². The maximum absolute atomic E-state index is 12.4. The van der Waals surface area contributed by atoms with E-state index in [0.29, 0.717) is 5.69 Å². The molecule has 0 saturated carbocycles. The summed E-state index contributed by atoms with van der Waals surface area (Å²) in [5.74, 6) is -1.02. The summed E-state index contributed by atoms with van der Waals surface area (Å²) < 4.78 is 11.6. The van der Waals surface area contributed by atoms with Gasteiger partial charge >= 0.3 is 11.8 Å². The second-order valence-corrected chi connectivity index (χ2v) is 7.85. The summed E-state index contributed by atoms with van der Waals surface area (Å²) in [6, 6.07) is 16.1. The van der Waals surface area contributed by atoms with Gasteiger partial charge in [0.05, 0.1) is 6.04 Å². The number of hydrogen-bond donors (Lipinski definition) is 2. The van der Waals surface area contributed by atoms with Crippen LogP contribution in [0.25, 0.3) is 0 Å². The third-order valence-corrected chi connectivity index (χ3v) is 4.75. The van der Waals surface area contributed by atoms with Crippen LogP contribution in [0.4, 0.5) is 5.69 Å². The molecule has 6 heteroatoms. The van der Waals surface area contributed by atoms with Gasteiger partial charge in [-0.3, -0.25) is 13.8 Å². The smallest absolute Gasteiger partial charge is 0.313 e. The Kier molecular flexibility index (Phi) is 7.09. The fourth-order valence-electron chi connectivity index (χ4n) is 2.66. The van der Waals surface area contributed by atoms with E-state index in [2.05, 4.69) is 10.6 Å². The third-order valence-electron chi connectivity index (χ3n) is 3.95. The lowest BCUT2D eigenvalue weighted by atomic mass is 10.0. The second-order valence-electron chi connectivity index (χ2n) is 6.37. The minimum absolute atomic E-state index is 0.217. The van der Waals surface area contributed by atoms with Gasteiger partial charge in [0.1, 0.15) is 0 Å². The molecule has 2 unspecified atom stereocenters. The molecule has 0 aliphatic heterocycles. The summed E-state index contributed by atoms with van der Waals surface area (Å²) in [5, 5.41) is 5.36. The maximum Gasteiger partial charge on any atom is 0.313 e. The Hall–Kier alpha value is -2.47. The van der Waals surface area contributed by atoms with Crippen molar-refractivity contribution in [2.24, 2.45) is 0 Å². The molecule has 2 aromatic carbocycles. The number of nitrogens with one attached hydrogen (secondary N) is 2. The van der Waals surface area contributed by atoms with Crippen molar-refractivity contribution in [2.45, 2.75) is 25.8 Å². The van der Waals surface area contributed by atoms with E-state index >= 15 is 0 Å². The number of amides is 2. The molecule has 2 rings (SSSR count). The Labute approximate surface area is 156 Å². The second kappa shape index (κ2) is 9.29. The predicted molar refractivity (Wildman–Crippen MR) is 105 cm³/mol. The largest absolute Gasteiger partial charge is 0.340 e. The number of anilines is 1. The first-order valence-electron chi connectivity index (χ1n) is 8.44. The SMILES string of the molecule is CC(C)c1ccccc1NC(=O)C(=O)NC(CS(C)=O)c1ccccc1. The van der Waals surface area contributed by atoms with Crippen LogP contribution in [0.15, 0.2) is 54.6 Å². The number of carbonyl (C=O) groups is 2. The van der Waals surface area contributed by atoms with E-state index in [9.17, 15) is 13.8 Å². The first-order valence-corrected chi connectivity index (χ1v) is 10.2. The molecule has 0 heterocycles. The van der Waals surface area contributed by atoms with Crippen LogP contribution in [-0.2, 0) is 20.4 Å². The molecule has 0 bridgehead atoms. The minimum atomic E-state index is -1.12. The van der Waals surface area contributed by atoms with E-state index in [4.69, 9.17) is 0 Å². The topological polar surface area (TPSA) is 75.3 Å². The molecular formula is C20H24N2O3S. The maximum atomic E-state index is 12.4. The number of carbonyl (C=O) groups excluding carboxylic acids is 2. The van der Waals surface area contributed by atoms with Crippen LogP contribution in [0.1, 0.15) is 36.9 Å². The number of hydrogen-bond acceptors (Lipinski definition) is 3. The lowest BCUT2D eigenvalue weighted by Crippen LogP contribution is -2.39. The van der Waals surface area contributed by atoms with Crippen LogP contribution in [-0.4, -0.2) is 28.0 Å². The molecule has 0 aromatic heterocycles. The predicted octanol–water partition coefficient (Wildman–Crippen LogP) is 2.98. The number of benzene rings is 2. The molecule has 0 saturated heterocycles. The van der Waals surface area contributed by atoms with Gasteiger partial charge < -0.3 is 10.6 Å². The highest BCUT2D eigenvalue weighted by Crippen LogP contribution is 2.23. The summed E-state index contributed by atoms with van der Waals surface area (Å²) in [4.78, 5) is 24.7. The lowest BCUT2D eigenvalue weighted by molar-refractivity contribution is -0.136. The number of para-hydroxylation sites is 1. The summed E-state index contributed by atoms with van der Waals surface area (Å²) >= 11 is 0. The molecule has 0 spiro atoms. The minimum Gasteiger partial charge on any atom is -0.340 e. The van der Waals surface area contributed by atoms with Crippen LogP contribution in [0.2, 0.25) is 0 Å². The Bertz CT molecular complexity index is 791. The van der Waals surface area contributed by atoms with Gasteiger partial charge in [-0.25, -0.2) is 0 Å². The van der Waals surface area contributed by atoms with Gasteiger partial charge in [0.25, 0.3) is 0 Å². The average molecular weight is 372 g/mol. The van der Waals surface area contributed by atoms with Crippen LogP contribution < -0.4 is 10.6 Å². The van der Waals surface area contributed by atoms with Gasteiger partial charge in [-0.2, -0.15) is 0 Å². The first kappa shape index (κ1) is 19.8. The van der Waals surface area contributed by atoms with Gasteiger partial charge in [0.2, 0.25) is 0 Å². The van der Waals surface area contributed by atoms with E-state index in [-0.39, 0.29) is 11.7 Å². The van der Waals surface area contributed by atoms with Crippen molar-refractivity contribution in [3.8, 4) is 0 Å². The lowest BCUT2D eigenvalue weighted by Gasteiger charge is -2.18. The van der Waals surface area contributed by atoms with E-state index in [1.54, 1.807) is 12.3 Å². The summed E-state index contributed by atoms with van der Waals surface area (Å²) in [7, 11) is -1.12. The molecule has 138 valence electrons. The van der Waals surface area contributed by atoms with Gasteiger partial charge in [-0.15, -0.1) is 0 Å². The fraction of sp³-hybridized carbons (Fsp3) is 0.300. The van der Waals surface area contributed by atoms with Crippen LogP contribution >= 0.6 is 0 Å². The highest BCUT2D eigenvalue weighted by molar-refractivity contribution is 7.84. The average Bonchev–Trinajstić information content (AvgIpc) is 2.61. The Morgan fingerprint density at radius 3 is 2.19 bits per heavy atom. The molecule has 2 atom stereocenters.